The number of hydrogen-bond acceptors (Lipinski definition) is 6. The van der Waals surface area contributed by atoms with Crippen LogP contribution in [0.15, 0.2) is 34.9 Å². The van der Waals surface area contributed by atoms with E-state index in [-0.39, 0.29) is 5.92 Å². The molecule has 2 aromatic heterocycles. The van der Waals surface area contributed by atoms with Crippen molar-refractivity contribution in [2.75, 3.05) is 31.1 Å². The molecule has 174 valence electrons. The molecule has 7 nitrogen and oxygen atoms in total. The number of rotatable bonds is 5. The Balaban J connectivity index is 1.45. The van der Waals surface area contributed by atoms with Crippen molar-refractivity contribution in [3.05, 3.63) is 36.2 Å². The smallest absolute Gasteiger partial charge is 0.263 e. The second-order valence-electron chi connectivity index (χ2n) is 9.29. The normalized spacial score (nSPS) is 18.0. The number of hydrogen-bond donors (Lipinski definition) is 0. The summed E-state index contributed by atoms with van der Waals surface area (Å²) < 4.78 is 5.70. The van der Waals surface area contributed by atoms with Crippen LogP contribution in [0, 0.1) is 5.92 Å². The molecule has 1 aliphatic heterocycles. The zero-order chi connectivity index (χ0) is 22.6. The van der Waals surface area contributed by atoms with E-state index in [2.05, 4.69) is 26.9 Å². The molecule has 1 saturated carbocycles. The highest BCUT2D eigenvalue weighted by atomic mass is 16.5. The molecule has 3 aromatic rings. The van der Waals surface area contributed by atoms with E-state index >= 15 is 0 Å². The number of aryl methyl sites for hydroxylation is 1. The van der Waals surface area contributed by atoms with Gasteiger partial charge in [-0.2, -0.15) is 4.98 Å². The molecule has 0 bridgehead atoms. The van der Waals surface area contributed by atoms with E-state index in [1.54, 1.807) is 0 Å². The number of fused-ring (bicyclic) bond motifs is 1. The summed E-state index contributed by atoms with van der Waals surface area (Å²) in [7, 11) is 0. The lowest BCUT2D eigenvalue weighted by molar-refractivity contribution is -0.136. The van der Waals surface area contributed by atoms with Crippen LogP contribution in [0.5, 0.6) is 0 Å². The quantitative estimate of drug-likeness (QED) is 0.556. The monoisotopic (exact) mass is 447 g/mol. The van der Waals surface area contributed by atoms with Crippen molar-refractivity contribution in [3.8, 4) is 11.3 Å². The molecule has 1 amide bonds. The summed E-state index contributed by atoms with van der Waals surface area (Å²) in [6, 6.07) is 10.1. The number of carbonyl (C=O) groups excluding carboxylic acids is 1. The Morgan fingerprint density at radius 2 is 1.82 bits per heavy atom. The van der Waals surface area contributed by atoms with E-state index in [9.17, 15) is 4.79 Å². The number of aromatic nitrogens is 3. The number of nitrogens with zero attached hydrogens (tertiary/aromatic N) is 5. The molecule has 33 heavy (non-hydrogen) atoms. The molecule has 0 spiro atoms. The molecule has 2 aliphatic rings. The van der Waals surface area contributed by atoms with Gasteiger partial charge in [0.2, 0.25) is 5.91 Å². The van der Waals surface area contributed by atoms with Gasteiger partial charge in [-0.3, -0.25) is 4.79 Å². The van der Waals surface area contributed by atoms with E-state index in [0.717, 1.165) is 86.6 Å². The number of benzene rings is 1. The molecular weight excluding hydrogens is 414 g/mol. The highest BCUT2D eigenvalue weighted by molar-refractivity contribution is 5.98. The highest BCUT2D eigenvalue weighted by Gasteiger charge is 2.29. The molecule has 7 heteroatoms. The van der Waals surface area contributed by atoms with E-state index < -0.39 is 0 Å². The van der Waals surface area contributed by atoms with Crippen molar-refractivity contribution in [1.82, 2.24) is 20.0 Å². The molecular formula is C26H33N5O2. The lowest BCUT2D eigenvalue weighted by Crippen LogP contribution is -2.39. The van der Waals surface area contributed by atoms with Crippen LogP contribution in [0.3, 0.4) is 0 Å². The van der Waals surface area contributed by atoms with Gasteiger partial charge in [0.05, 0.1) is 0 Å². The first kappa shape index (κ1) is 21.9. The summed E-state index contributed by atoms with van der Waals surface area (Å²) in [5, 5.41) is 5.25. The molecule has 2 fully saturated rings. The van der Waals surface area contributed by atoms with E-state index in [1.165, 1.54) is 19.3 Å². The second-order valence-corrected chi connectivity index (χ2v) is 9.29. The molecule has 0 radical (unpaired) electrons. The summed E-state index contributed by atoms with van der Waals surface area (Å²) in [6.07, 6.45) is 8.43. The highest BCUT2D eigenvalue weighted by Crippen LogP contribution is 2.34. The standard InChI is InChI=1S/C26H33N5O2/c1-2-10-21-27-24(22-23(29-33-25(22)28-21)19-11-5-3-6-12-19)30-15-9-16-31(18-17-30)26(32)20-13-7-4-8-14-20/h3,5-6,11-12,20H,2,4,7-10,13-18H2,1H3. The summed E-state index contributed by atoms with van der Waals surface area (Å²) in [6.45, 7) is 5.29. The van der Waals surface area contributed by atoms with Crippen molar-refractivity contribution in [3.63, 3.8) is 0 Å². The van der Waals surface area contributed by atoms with Gasteiger partial charge in [-0.25, -0.2) is 4.98 Å². The van der Waals surface area contributed by atoms with Crippen LogP contribution >= 0.6 is 0 Å². The molecule has 1 aliphatic carbocycles. The van der Waals surface area contributed by atoms with Gasteiger partial charge in [-0.15, -0.1) is 0 Å². The average Bonchev–Trinajstić information content (AvgIpc) is 3.13. The molecule has 0 atom stereocenters. The SMILES string of the molecule is CCCc1nc(N2CCCN(C(=O)C3CCCCC3)CC2)c2c(-c3ccccc3)noc2n1. The van der Waals surface area contributed by atoms with Gasteiger partial charge in [0.15, 0.2) is 0 Å². The van der Waals surface area contributed by atoms with Gasteiger partial charge in [0.1, 0.15) is 22.7 Å². The van der Waals surface area contributed by atoms with Gasteiger partial charge in [0, 0.05) is 44.1 Å². The van der Waals surface area contributed by atoms with E-state index in [1.807, 2.05) is 30.3 Å². The summed E-state index contributed by atoms with van der Waals surface area (Å²) in [5.41, 5.74) is 2.32. The Morgan fingerprint density at radius 3 is 2.61 bits per heavy atom. The summed E-state index contributed by atoms with van der Waals surface area (Å²) in [4.78, 5) is 27.2. The minimum atomic E-state index is 0.218. The van der Waals surface area contributed by atoms with Gasteiger partial charge in [-0.05, 0) is 25.7 Å². The second kappa shape index (κ2) is 9.89. The zero-order valence-electron chi connectivity index (χ0n) is 19.5. The molecule has 3 heterocycles. The van der Waals surface area contributed by atoms with Crippen LogP contribution < -0.4 is 4.90 Å². The Hall–Kier alpha value is -2.96. The topological polar surface area (TPSA) is 75.4 Å². The van der Waals surface area contributed by atoms with Crippen LogP contribution in [0.2, 0.25) is 0 Å². The van der Waals surface area contributed by atoms with Crippen molar-refractivity contribution >= 4 is 22.8 Å². The Bertz CT molecular complexity index is 1090. The fourth-order valence-corrected chi connectivity index (χ4v) is 5.19. The molecule has 5 rings (SSSR count). The minimum absolute atomic E-state index is 0.218. The van der Waals surface area contributed by atoms with Gasteiger partial charge < -0.3 is 14.3 Å². The molecule has 0 N–H and O–H groups in total. The van der Waals surface area contributed by atoms with E-state index in [4.69, 9.17) is 9.51 Å². The zero-order valence-corrected chi connectivity index (χ0v) is 19.5. The van der Waals surface area contributed by atoms with Crippen molar-refractivity contribution in [2.45, 2.75) is 58.3 Å². The van der Waals surface area contributed by atoms with Crippen LogP contribution in [0.4, 0.5) is 5.82 Å². The Kier molecular flexibility index (Phi) is 6.55. The predicted molar refractivity (Wildman–Crippen MR) is 129 cm³/mol. The maximum atomic E-state index is 13.2. The first-order valence-electron chi connectivity index (χ1n) is 12.5. The molecule has 1 aromatic carbocycles. The minimum Gasteiger partial charge on any atom is -0.354 e. The first-order valence-corrected chi connectivity index (χ1v) is 12.5. The van der Waals surface area contributed by atoms with Gasteiger partial charge >= 0.3 is 0 Å². The van der Waals surface area contributed by atoms with Crippen LogP contribution in [0.25, 0.3) is 22.4 Å². The summed E-state index contributed by atoms with van der Waals surface area (Å²) in [5.74, 6) is 2.24. The largest absolute Gasteiger partial charge is 0.354 e. The Morgan fingerprint density at radius 1 is 1.00 bits per heavy atom. The lowest BCUT2D eigenvalue weighted by Gasteiger charge is -2.28. The van der Waals surface area contributed by atoms with Crippen LogP contribution in [0.1, 0.15) is 57.7 Å². The number of anilines is 1. The first-order chi connectivity index (χ1) is 16.2. The average molecular weight is 448 g/mol. The maximum Gasteiger partial charge on any atom is 0.263 e. The molecule has 0 unspecified atom stereocenters. The third-order valence-corrected chi connectivity index (χ3v) is 6.95. The Labute approximate surface area is 195 Å². The predicted octanol–water partition coefficient (Wildman–Crippen LogP) is 4.86. The van der Waals surface area contributed by atoms with E-state index in [0.29, 0.717) is 11.6 Å². The van der Waals surface area contributed by atoms with Gasteiger partial charge in [-0.1, -0.05) is 61.7 Å². The fourth-order valence-electron chi connectivity index (χ4n) is 5.19. The summed E-state index contributed by atoms with van der Waals surface area (Å²) >= 11 is 0. The maximum absolute atomic E-state index is 13.2. The third-order valence-electron chi connectivity index (χ3n) is 6.95. The third kappa shape index (κ3) is 4.59. The van der Waals surface area contributed by atoms with Gasteiger partial charge in [0.25, 0.3) is 5.71 Å². The van der Waals surface area contributed by atoms with Crippen LogP contribution in [-0.2, 0) is 11.2 Å². The van der Waals surface area contributed by atoms with Crippen molar-refractivity contribution < 1.29 is 9.32 Å². The fraction of sp³-hybridized carbons (Fsp3) is 0.538. The molecule has 1 saturated heterocycles. The number of carbonyl (C=O) groups is 1. The lowest BCUT2D eigenvalue weighted by atomic mass is 9.88. The number of amides is 1. The van der Waals surface area contributed by atoms with Crippen molar-refractivity contribution in [1.29, 1.82) is 0 Å². The van der Waals surface area contributed by atoms with Crippen molar-refractivity contribution in [2.24, 2.45) is 5.92 Å². The van der Waals surface area contributed by atoms with Crippen LogP contribution in [-0.4, -0.2) is 52.1 Å².